The third-order valence-corrected chi connectivity index (χ3v) is 119. The molecule has 1 aliphatic heterocycles. The van der Waals surface area contributed by atoms with Crippen LogP contribution >= 0.6 is 9.91 Å². The van der Waals surface area contributed by atoms with Gasteiger partial charge in [-0.3, -0.25) is 0 Å². The van der Waals surface area contributed by atoms with Crippen LogP contribution in [0.15, 0.2) is 36.4 Å². The van der Waals surface area contributed by atoms with Gasteiger partial charge in [-0.15, -0.1) is 0 Å². The Balaban J connectivity index is 2.31. The summed E-state index contributed by atoms with van der Waals surface area (Å²) in [6.07, 6.45) is 0. The van der Waals surface area contributed by atoms with Crippen molar-refractivity contribution in [3.05, 3.63) is 86.5 Å². The summed E-state index contributed by atoms with van der Waals surface area (Å²) >= 11 is -1.04. The van der Waals surface area contributed by atoms with Crippen LogP contribution in [0.5, 0.6) is 0 Å². The van der Waals surface area contributed by atoms with Gasteiger partial charge in [0.05, 0.1) is 0 Å². The van der Waals surface area contributed by atoms with Crippen molar-refractivity contribution in [3.8, 4) is 0 Å². The summed E-state index contributed by atoms with van der Waals surface area (Å²) in [5.41, 5.74) is 15.6. The van der Waals surface area contributed by atoms with Crippen LogP contribution in [0.4, 0.5) is 0 Å². The number of hydrogen-bond acceptors (Lipinski definition) is 0. The molecule has 1 heterocycles. The maximum atomic E-state index is 2.72. The van der Waals surface area contributed by atoms with E-state index in [0.717, 1.165) is 0 Å². The summed E-state index contributed by atoms with van der Waals surface area (Å²) < 4.78 is -0.643. The summed E-state index contributed by atoms with van der Waals surface area (Å²) in [5, 5.41) is 5.66. The van der Waals surface area contributed by atoms with Crippen LogP contribution in [0.1, 0.15) is 237 Å². The van der Waals surface area contributed by atoms with Gasteiger partial charge < -0.3 is 0 Å². The van der Waals surface area contributed by atoms with Crippen LogP contribution in [-0.2, 0) is 48.7 Å². The fourth-order valence-corrected chi connectivity index (χ4v) is 245. The zero-order valence-electron chi connectivity index (χ0n) is 43.5. The van der Waals surface area contributed by atoms with E-state index in [1.165, 1.54) is 16.7 Å². The second-order valence-corrected chi connectivity index (χ2v) is 83.3. The van der Waals surface area contributed by atoms with Crippen molar-refractivity contribution in [2.24, 2.45) is 0 Å². The first-order valence-corrected chi connectivity index (χ1v) is 44.8. The minimum atomic E-state index is -0.347. The van der Waals surface area contributed by atoms with Gasteiger partial charge in [0, 0.05) is 0 Å². The zero-order chi connectivity index (χ0) is 46.5. The molecule has 1 aliphatic rings. The van der Waals surface area contributed by atoms with Crippen molar-refractivity contribution in [1.29, 1.82) is 0 Å². The van der Waals surface area contributed by atoms with E-state index < -0.39 is 0 Å². The maximum absolute atomic E-state index is 2.72. The number of rotatable bonds is 3. The molecule has 0 radical (unpaired) electrons. The van der Waals surface area contributed by atoms with E-state index in [0.29, 0.717) is 0 Å². The molecule has 4 rings (SSSR count). The molecule has 3 aromatic rings. The van der Waals surface area contributed by atoms with E-state index in [-0.39, 0.29) is 118 Å². The van der Waals surface area contributed by atoms with Gasteiger partial charge in [-0.25, -0.2) is 0 Å². The molecule has 3 aromatic carbocycles. The molecule has 1 saturated heterocycles. The van der Waals surface area contributed by atoms with Crippen molar-refractivity contribution in [3.63, 3.8) is 0 Å². The van der Waals surface area contributed by atoms with Crippen molar-refractivity contribution < 1.29 is 0 Å². The molecule has 0 aromatic heterocycles. The fourth-order valence-electron chi connectivity index (χ4n) is 7.71. The van der Waals surface area contributed by atoms with Crippen molar-refractivity contribution >= 4 is 85.3 Å². The van der Waals surface area contributed by atoms with Gasteiger partial charge in [0.15, 0.2) is 0 Å². The van der Waals surface area contributed by atoms with Gasteiger partial charge in [-0.05, 0) is 0 Å². The quantitative estimate of drug-likeness (QED) is 0.181. The predicted octanol–water partition coefficient (Wildman–Crippen LogP) is 15.7. The Kier molecular flexibility index (Phi) is 16.0. The van der Waals surface area contributed by atoms with Crippen LogP contribution in [0.2, 0.25) is 0 Å². The molecule has 0 N–H and O–H groups in total. The third-order valence-electron chi connectivity index (χ3n) is 11.8. The topological polar surface area (TPSA) is 0 Å². The summed E-state index contributed by atoms with van der Waals surface area (Å²) in [6, 6.07) is 16.3. The molecule has 1 fully saturated rings. The van der Waals surface area contributed by atoms with E-state index in [2.05, 4.69) is 223 Å². The molecule has 0 nitrogen and oxygen atoms in total. The van der Waals surface area contributed by atoms with E-state index in [1.54, 1.807) is 33.4 Å². The van der Waals surface area contributed by atoms with Gasteiger partial charge in [-0.1, -0.05) is 0 Å². The first kappa shape index (κ1) is 53.9. The molecule has 0 saturated carbocycles. The van der Waals surface area contributed by atoms with E-state index in [1.807, 2.05) is 15.9 Å². The van der Waals surface area contributed by atoms with Crippen LogP contribution in [0.25, 0.3) is 0 Å². The Labute approximate surface area is 403 Å². The van der Waals surface area contributed by atoms with E-state index in [4.69, 9.17) is 0 Å². The summed E-state index contributed by atoms with van der Waals surface area (Å²) in [7, 11) is 0. The zero-order valence-corrected chi connectivity index (χ0v) is 53.2. The average Bonchev–Trinajstić information content (AvgIpc) is 3.02. The first-order chi connectivity index (χ1) is 26.4. The van der Waals surface area contributed by atoms with Crippen molar-refractivity contribution in [2.45, 2.75) is 236 Å². The molecule has 0 bridgehead atoms. The second kappa shape index (κ2) is 17.8. The fraction of sp³-hybridized carbons (Fsp3) is 0.667. The van der Waals surface area contributed by atoms with Crippen LogP contribution in [0.3, 0.4) is 0 Å². The molecule has 0 unspecified atom stereocenters. The average molecular weight is 1210 g/mol. The van der Waals surface area contributed by atoms with E-state index >= 15 is 0 Å². The van der Waals surface area contributed by atoms with Gasteiger partial charge in [0.1, 0.15) is 0 Å². The molecular formula is C54H87P3Te3. The summed E-state index contributed by atoms with van der Waals surface area (Å²) in [5.74, 6) is 0. The molecule has 0 amide bonds. The summed E-state index contributed by atoms with van der Waals surface area (Å²) in [4.78, 5) is 0. The molecule has 6 heteroatoms. The van der Waals surface area contributed by atoms with Gasteiger partial charge >= 0.3 is 407 Å². The Bertz CT molecular complexity index is 1700. The molecule has 0 spiro atoms. The van der Waals surface area contributed by atoms with Gasteiger partial charge in [0.25, 0.3) is 0 Å². The summed E-state index contributed by atoms with van der Waals surface area (Å²) in [6.45, 7) is 67.5. The molecule has 0 atom stereocenters. The van der Waals surface area contributed by atoms with Crippen LogP contribution in [-0.4, -0.2) is 59.5 Å². The van der Waals surface area contributed by atoms with E-state index in [9.17, 15) is 0 Å². The van der Waals surface area contributed by atoms with Crippen LogP contribution < -0.4 is 15.9 Å². The van der Waals surface area contributed by atoms with Crippen molar-refractivity contribution in [1.82, 2.24) is 0 Å². The van der Waals surface area contributed by atoms with Crippen LogP contribution in [0, 0.1) is 0 Å². The van der Waals surface area contributed by atoms with Gasteiger partial charge in [-0.2, -0.15) is 0 Å². The Hall–Kier alpha value is 1.32. The monoisotopic (exact) mass is 1220 g/mol. The first-order valence-electron chi connectivity index (χ1n) is 22.5. The standard InChI is InChI=1S/C54H87P3Te3/c1-46(2,3)34-28-37(49(10,11)12)43(38(29-34)50(13,14)15)55-58-56(44-39(51(16,17)18)30-35(47(4,5)6)31-40(44)52(19,20)21)60-57(59-55)45-41(53(22,23)24)32-36(48(7,8)9)33-42(45)54(25,26)27/h28-33H,1-27H3. The molecular weight excluding hydrogens is 1120 g/mol. The number of benzene rings is 3. The third kappa shape index (κ3) is 12.4. The molecule has 60 heavy (non-hydrogen) atoms. The Morgan fingerprint density at radius 1 is 0.233 bits per heavy atom. The minimum absolute atomic E-state index is 0.0848. The molecule has 336 valence electrons. The number of hydrogen-bond donors (Lipinski definition) is 0. The van der Waals surface area contributed by atoms with Gasteiger partial charge in [0.2, 0.25) is 0 Å². The second-order valence-electron chi connectivity index (χ2n) is 27.0. The SMILES string of the molecule is CC(C)(C)c1cc(C(C)(C)C)c(P2[Te]P(c3c(C(C)(C)C)cc(C(C)(C)C)cc3C(C)(C)C)[Te]P(c3c(C(C)(C)C)cc(C(C)(C)C)cc3C(C)(C)C)[Te]2)c(C(C)(C)C)c1. The molecule has 0 aliphatic carbocycles. The Morgan fingerprint density at radius 3 is 0.467 bits per heavy atom. The normalized spacial score (nSPS) is 19.6. The van der Waals surface area contributed by atoms with Crippen molar-refractivity contribution in [2.75, 3.05) is 0 Å². The predicted molar refractivity (Wildman–Crippen MR) is 285 cm³/mol. The Morgan fingerprint density at radius 2 is 0.367 bits per heavy atom.